The predicted octanol–water partition coefficient (Wildman–Crippen LogP) is 1.91. The van der Waals surface area contributed by atoms with E-state index in [1.807, 2.05) is 0 Å². The summed E-state index contributed by atoms with van der Waals surface area (Å²) in [5.74, 6) is 0. The van der Waals surface area contributed by atoms with Crippen LogP contribution in [0.2, 0.25) is 0 Å². The smallest absolute Gasteiger partial charge is 0 e. The molecule has 0 aromatic carbocycles. The van der Waals surface area contributed by atoms with Crippen molar-refractivity contribution < 1.29 is 20.1 Å². The SMILES string of the molecule is C.C.C.[Ir]. The fourth-order valence-electron chi connectivity index (χ4n) is 0. The molecule has 0 aliphatic rings. The Morgan fingerprint density at radius 2 is 0.500 bits per heavy atom. The van der Waals surface area contributed by atoms with E-state index in [0.29, 0.717) is 0 Å². The number of hydrogen-bond acceptors (Lipinski definition) is 0. The van der Waals surface area contributed by atoms with Crippen molar-refractivity contribution in [3.05, 3.63) is 0 Å². The Bertz CT molecular complexity index is 3.25. The molecule has 0 fully saturated rings. The van der Waals surface area contributed by atoms with E-state index in [1.54, 1.807) is 0 Å². The molecule has 0 aliphatic heterocycles. The fourth-order valence-corrected chi connectivity index (χ4v) is 0. The third kappa shape index (κ3) is 17.1. The molecule has 0 bridgehead atoms. The van der Waals surface area contributed by atoms with Crippen LogP contribution in [0.25, 0.3) is 0 Å². The summed E-state index contributed by atoms with van der Waals surface area (Å²) in [6.45, 7) is 0. The predicted molar refractivity (Wildman–Crippen MR) is 20.2 cm³/mol. The van der Waals surface area contributed by atoms with E-state index in [4.69, 9.17) is 0 Å². The molecule has 33 valence electrons. The third-order valence-corrected chi connectivity index (χ3v) is 0. The molecule has 1 radical (unpaired) electrons. The molecule has 0 aromatic heterocycles. The third-order valence-electron chi connectivity index (χ3n) is 0. The van der Waals surface area contributed by atoms with Gasteiger partial charge < -0.3 is 0 Å². The monoisotopic (exact) mass is 241 g/mol. The Hall–Kier alpha value is 0.649. The molecule has 0 rings (SSSR count). The molecule has 4 heavy (non-hydrogen) atoms. The molecule has 0 saturated carbocycles. The molecule has 0 spiro atoms. The minimum Gasteiger partial charge on any atom is -0.0776 e. The van der Waals surface area contributed by atoms with Gasteiger partial charge >= 0.3 is 0 Å². The average Bonchev–Trinajstić information content (AvgIpc) is 0. The van der Waals surface area contributed by atoms with E-state index in [-0.39, 0.29) is 42.4 Å². The van der Waals surface area contributed by atoms with Crippen LogP contribution in [0.1, 0.15) is 22.3 Å². The van der Waals surface area contributed by atoms with Crippen LogP contribution in [0.5, 0.6) is 0 Å². The normalized spacial score (nSPS) is 0. The van der Waals surface area contributed by atoms with Gasteiger partial charge in [0.15, 0.2) is 0 Å². The van der Waals surface area contributed by atoms with Crippen molar-refractivity contribution in [2.45, 2.75) is 22.3 Å². The molecule has 0 amide bonds. The minimum absolute atomic E-state index is 0. The van der Waals surface area contributed by atoms with Gasteiger partial charge in [0.1, 0.15) is 0 Å². The second-order valence-corrected chi connectivity index (χ2v) is 0. The van der Waals surface area contributed by atoms with E-state index < -0.39 is 0 Å². The average molecular weight is 240 g/mol. The maximum atomic E-state index is 0. The summed E-state index contributed by atoms with van der Waals surface area (Å²) in [5, 5.41) is 0. The molecular formula is C3H12Ir. The summed E-state index contributed by atoms with van der Waals surface area (Å²) in [4.78, 5) is 0. The molecule has 0 aliphatic carbocycles. The van der Waals surface area contributed by atoms with Gasteiger partial charge in [-0.25, -0.2) is 0 Å². The zero-order chi connectivity index (χ0) is 0. The van der Waals surface area contributed by atoms with Crippen LogP contribution < -0.4 is 0 Å². The van der Waals surface area contributed by atoms with Crippen molar-refractivity contribution in [2.75, 3.05) is 0 Å². The first-order valence-electron chi connectivity index (χ1n) is 0. The minimum atomic E-state index is 0. The van der Waals surface area contributed by atoms with Gasteiger partial charge in [-0.15, -0.1) is 0 Å². The van der Waals surface area contributed by atoms with Gasteiger partial charge in [-0.1, -0.05) is 22.3 Å². The van der Waals surface area contributed by atoms with Crippen molar-refractivity contribution in [2.24, 2.45) is 0 Å². The molecule has 0 heterocycles. The van der Waals surface area contributed by atoms with Gasteiger partial charge in [-0.05, 0) is 0 Å². The van der Waals surface area contributed by atoms with Gasteiger partial charge in [-0.3, -0.25) is 0 Å². The number of hydrogen-bond donors (Lipinski definition) is 0. The summed E-state index contributed by atoms with van der Waals surface area (Å²) in [7, 11) is 0. The van der Waals surface area contributed by atoms with Crippen molar-refractivity contribution in [1.29, 1.82) is 0 Å². The van der Waals surface area contributed by atoms with E-state index in [0.717, 1.165) is 0 Å². The van der Waals surface area contributed by atoms with Gasteiger partial charge in [-0.2, -0.15) is 0 Å². The van der Waals surface area contributed by atoms with Crippen molar-refractivity contribution >= 4 is 0 Å². The fraction of sp³-hybridized carbons (Fsp3) is 1.00. The molecule has 0 saturated heterocycles. The van der Waals surface area contributed by atoms with E-state index in [9.17, 15) is 0 Å². The summed E-state index contributed by atoms with van der Waals surface area (Å²) in [6, 6.07) is 0. The molecule has 0 N–H and O–H groups in total. The first kappa shape index (κ1) is 147. The largest absolute Gasteiger partial charge is 0.0776 e. The van der Waals surface area contributed by atoms with Crippen LogP contribution in [-0.4, -0.2) is 0 Å². The molecule has 0 unspecified atom stereocenters. The van der Waals surface area contributed by atoms with Crippen molar-refractivity contribution in [3.63, 3.8) is 0 Å². The van der Waals surface area contributed by atoms with E-state index in [2.05, 4.69) is 0 Å². The molecule has 0 atom stereocenters. The first-order valence-corrected chi connectivity index (χ1v) is 0. The summed E-state index contributed by atoms with van der Waals surface area (Å²) >= 11 is 0. The first-order chi connectivity index (χ1) is 0. The maximum Gasteiger partial charge on any atom is 0 e. The van der Waals surface area contributed by atoms with Crippen molar-refractivity contribution in [3.8, 4) is 0 Å². The van der Waals surface area contributed by atoms with Crippen LogP contribution in [0, 0.1) is 0 Å². The molecule has 0 nitrogen and oxygen atoms in total. The van der Waals surface area contributed by atoms with Gasteiger partial charge in [0.25, 0.3) is 0 Å². The second kappa shape index (κ2) is 60.7. The molecule has 1 heteroatoms. The Morgan fingerprint density at radius 1 is 0.500 bits per heavy atom. The van der Waals surface area contributed by atoms with Crippen LogP contribution in [0.15, 0.2) is 0 Å². The molecular weight excluding hydrogens is 228 g/mol. The van der Waals surface area contributed by atoms with Crippen LogP contribution in [-0.2, 0) is 20.1 Å². The number of rotatable bonds is 0. The quantitative estimate of drug-likeness (QED) is 0.607. The summed E-state index contributed by atoms with van der Waals surface area (Å²) in [5.41, 5.74) is 0. The zero-order valence-corrected chi connectivity index (χ0v) is 2.73. The van der Waals surface area contributed by atoms with Gasteiger partial charge in [0.05, 0.1) is 0 Å². The topological polar surface area (TPSA) is 0 Å². The van der Waals surface area contributed by atoms with E-state index >= 15 is 0 Å². The Labute approximate surface area is 43.0 Å². The van der Waals surface area contributed by atoms with Gasteiger partial charge in [0.2, 0.25) is 0 Å². The maximum absolute atomic E-state index is 0. The Kier molecular flexibility index (Phi) is 2230. The van der Waals surface area contributed by atoms with Crippen LogP contribution >= 0.6 is 0 Å². The second-order valence-electron chi connectivity index (χ2n) is 0. The standard InChI is InChI=1S/3CH4.Ir/h3*1H4;. The van der Waals surface area contributed by atoms with Crippen molar-refractivity contribution in [1.82, 2.24) is 0 Å². The van der Waals surface area contributed by atoms with E-state index in [1.165, 1.54) is 0 Å². The summed E-state index contributed by atoms with van der Waals surface area (Å²) in [6.07, 6.45) is 0. The molecule has 0 aromatic rings. The Morgan fingerprint density at radius 3 is 0.500 bits per heavy atom. The van der Waals surface area contributed by atoms with Gasteiger partial charge in [0, 0.05) is 20.1 Å². The summed E-state index contributed by atoms with van der Waals surface area (Å²) < 4.78 is 0. The van der Waals surface area contributed by atoms with Crippen LogP contribution in [0.4, 0.5) is 0 Å². The zero-order valence-electron chi connectivity index (χ0n) is 0.333. The van der Waals surface area contributed by atoms with Crippen LogP contribution in [0.3, 0.4) is 0 Å². The Balaban J connectivity index is 0.